The van der Waals surface area contributed by atoms with Gasteiger partial charge in [0.2, 0.25) is 0 Å². The van der Waals surface area contributed by atoms with E-state index in [9.17, 15) is 4.79 Å². The van der Waals surface area contributed by atoms with Crippen LogP contribution in [0.15, 0.2) is 29.6 Å². The van der Waals surface area contributed by atoms with Crippen LogP contribution in [0.25, 0.3) is 0 Å². The second-order valence-corrected chi connectivity index (χ2v) is 5.91. The van der Waals surface area contributed by atoms with Crippen LogP contribution in [0.2, 0.25) is 0 Å². The predicted molar refractivity (Wildman–Crippen MR) is 80.9 cm³/mol. The Balaban J connectivity index is 2.18. The largest absolute Gasteiger partial charge is 0.345 e. The van der Waals surface area contributed by atoms with Gasteiger partial charge >= 0.3 is 0 Å². The third-order valence-electron chi connectivity index (χ3n) is 3.44. The predicted octanol–water partition coefficient (Wildman–Crippen LogP) is 4.16. The Morgan fingerprint density at radius 3 is 2.47 bits per heavy atom. The zero-order valence-electron chi connectivity index (χ0n) is 11.8. The molecule has 0 saturated carbocycles. The van der Waals surface area contributed by atoms with Gasteiger partial charge in [0.1, 0.15) is 0 Å². The minimum atomic E-state index is 0.000119. The maximum atomic E-state index is 12.1. The molecular weight excluding hydrogens is 254 g/mol. The molecule has 1 heterocycles. The van der Waals surface area contributed by atoms with Crippen molar-refractivity contribution in [2.75, 3.05) is 0 Å². The average Bonchev–Trinajstić information content (AvgIpc) is 2.87. The fourth-order valence-electron chi connectivity index (χ4n) is 2.20. The van der Waals surface area contributed by atoms with Gasteiger partial charge in [-0.1, -0.05) is 18.2 Å². The lowest BCUT2D eigenvalue weighted by molar-refractivity contribution is 0.0944. The molecule has 1 N–H and O–H groups in total. The molecule has 19 heavy (non-hydrogen) atoms. The van der Waals surface area contributed by atoms with Crippen molar-refractivity contribution in [3.05, 3.63) is 56.8 Å². The van der Waals surface area contributed by atoms with Crippen LogP contribution in [-0.4, -0.2) is 5.91 Å². The zero-order chi connectivity index (χ0) is 14.0. The molecule has 1 aromatic carbocycles. The van der Waals surface area contributed by atoms with E-state index in [0.29, 0.717) is 0 Å². The minimum Gasteiger partial charge on any atom is -0.345 e. The van der Waals surface area contributed by atoms with Crippen LogP contribution >= 0.6 is 11.3 Å². The number of amides is 1. The van der Waals surface area contributed by atoms with Crippen molar-refractivity contribution >= 4 is 17.2 Å². The van der Waals surface area contributed by atoms with E-state index in [1.54, 1.807) is 0 Å². The van der Waals surface area contributed by atoms with Crippen molar-refractivity contribution in [1.29, 1.82) is 0 Å². The van der Waals surface area contributed by atoms with E-state index in [1.807, 2.05) is 24.4 Å². The van der Waals surface area contributed by atoms with Crippen LogP contribution in [0.1, 0.15) is 44.9 Å². The van der Waals surface area contributed by atoms with Crippen molar-refractivity contribution < 1.29 is 4.79 Å². The number of aryl methyl sites for hydroxylation is 3. The molecular formula is C16H19NOS. The first-order valence-corrected chi connectivity index (χ1v) is 7.29. The lowest BCUT2D eigenvalue weighted by Gasteiger charge is -2.18. The number of carbonyl (C=O) groups excluding carboxylic acids is 1. The van der Waals surface area contributed by atoms with Gasteiger partial charge in [-0.25, -0.2) is 0 Å². The lowest BCUT2D eigenvalue weighted by atomic mass is 9.96. The minimum absolute atomic E-state index is 0.000119. The third-order valence-corrected chi connectivity index (χ3v) is 4.31. The molecule has 0 bridgehead atoms. The summed E-state index contributed by atoms with van der Waals surface area (Å²) in [5.41, 5.74) is 4.96. The number of benzene rings is 1. The van der Waals surface area contributed by atoms with Crippen LogP contribution in [0.5, 0.6) is 0 Å². The number of hydrogen-bond acceptors (Lipinski definition) is 2. The molecule has 1 aromatic heterocycles. The van der Waals surface area contributed by atoms with Crippen LogP contribution in [-0.2, 0) is 0 Å². The molecule has 1 atom stereocenters. The van der Waals surface area contributed by atoms with Crippen LogP contribution in [0.3, 0.4) is 0 Å². The zero-order valence-corrected chi connectivity index (χ0v) is 12.6. The van der Waals surface area contributed by atoms with Gasteiger partial charge in [-0.05, 0) is 61.4 Å². The van der Waals surface area contributed by atoms with E-state index >= 15 is 0 Å². The number of hydrogen-bond donors (Lipinski definition) is 1. The number of carbonyl (C=O) groups is 1. The van der Waals surface area contributed by atoms with Gasteiger partial charge in [-0.3, -0.25) is 4.79 Å². The summed E-state index contributed by atoms with van der Waals surface area (Å²) in [6.45, 7) is 8.34. The van der Waals surface area contributed by atoms with Gasteiger partial charge in [0.25, 0.3) is 5.91 Å². The SMILES string of the molecule is Cc1cc(C)c(C(C)NC(=O)c2cccs2)cc1C. The van der Waals surface area contributed by atoms with Crippen molar-refractivity contribution in [2.24, 2.45) is 0 Å². The summed E-state index contributed by atoms with van der Waals surface area (Å²) < 4.78 is 0. The molecule has 0 aliphatic carbocycles. The molecule has 2 nitrogen and oxygen atoms in total. The fraction of sp³-hybridized carbons (Fsp3) is 0.312. The van der Waals surface area contributed by atoms with Crippen molar-refractivity contribution in [3.8, 4) is 0 Å². The molecule has 0 saturated heterocycles. The number of nitrogens with one attached hydrogen (secondary N) is 1. The van der Waals surface area contributed by atoms with Crippen molar-refractivity contribution in [1.82, 2.24) is 5.32 Å². The Morgan fingerprint density at radius 2 is 1.84 bits per heavy atom. The lowest BCUT2D eigenvalue weighted by Crippen LogP contribution is -2.26. The van der Waals surface area contributed by atoms with Gasteiger partial charge in [0, 0.05) is 0 Å². The molecule has 100 valence electrons. The molecule has 0 spiro atoms. The molecule has 0 radical (unpaired) electrons. The number of rotatable bonds is 3. The van der Waals surface area contributed by atoms with Crippen molar-refractivity contribution in [2.45, 2.75) is 33.7 Å². The molecule has 0 fully saturated rings. The first-order chi connectivity index (χ1) is 8.99. The summed E-state index contributed by atoms with van der Waals surface area (Å²) in [7, 11) is 0. The molecule has 1 unspecified atom stereocenters. The summed E-state index contributed by atoms with van der Waals surface area (Å²) >= 11 is 1.47. The fourth-order valence-corrected chi connectivity index (χ4v) is 2.83. The maximum absolute atomic E-state index is 12.1. The second kappa shape index (κ2) is 5.57. The van der Waals surface area contributed by atoms with Gasteiger partial charge in [0.05, 0.1) is 10.9 Å². The Bertz CT molecular complexity index is 587. The third kappa shape index (κ3) is 3.04. The van der Waals surface area contributed by atoms with Crippen molar-refractivity contribution in [3.63, 3.8) is 0 Å². The highest BCUT2D eigenvalue weighted by atomic mass is 32.1. The Kier molecular flexibility index (Phi) is 4.05. The molecule has 1 amide bonds. The van der Waals surface area contributed by atoms with Gasteiger partial charge in [-0.15, -0.1) is 11.3 Å². The molecule has 2 rings (SSSR count). The monoisotopic (exact) mass is 273 g/mol. The summed E-state index contributed by atoms with van der Waals surface area (Å²) in [4.78, 5) is 12.8. The average molecular weight is 273 g/mol. The van der Waals surface area contributed by atoms with E-state index in [1.165, 1.54) is 33.6 Å². The summed E-state index contributed by atoms with van der Waals surface area (Å²) in [6.07, 6.45) is 0. The smallest absolute Gasteiger partial charge is 0.261 e. The molecule has 3 heteroatoms. The number of thiophene rings is 1. The maximum Gasteiger partial charge on any atom is 0.261 e. The Labute approximate surface area is 118 Å². The highest BCUT2D eigenvalue weighted by molar-refractivity contribution is 7.12. The molecule has 0 aliphatic rings. The van der Waals surface area contributed by atoms with E-state index in [-0.39, 0.29) is 11.9 Å². The summed E-state index contributed by atoms with van der Waals surface area (Å²) in [5, 5.41) is 4.98. The molecule has 2 aromatic rings. The normalized spacial score (nSPS) is 12.2. The second-order valence-electron chi connectivity index (χ2n) is 4.97. The van der Waals surface area contributed by atoms with E-state index in [0.717, 1.165) is 4.88 Å². The van der Waals surface area contributed by atoms with Gasteiger partial charge in [-0.2, -0.15) is 0 Å². The van der Waals surface area contributed by atoms with E-state index in [2.05, 4.69) is 38.2 Å². The summed E-state index contributed by atoms with van der Waals surface area (Å²) in [6, 6.07) is 8.11. The van der Waals surface area contributed by atoms with Gasteiger partial charge < -0.3 is 5.32 Å². The van der Waals surface area contributed by atoms with Crippen LogP contribution in [0, 0.1) is 20.8 Å². The van der Waals surface area contributed by atoms with Crippen LogP contribution < -0.4 is 5.32 Å². The highest BCUT2D eigenvalue weighted by Crippen LogP contribution is 2.22. The van der Waals surface area contributed by atoms with Crippen LogP contribution in [0.4, 0.5) is 0 Å². The summed E-state index contributed by atoms with van der Waals surface area (Å²) in [5.74, 6) is 0.000119. The first kappa shape index (κ1) is 13.8. The highest BCUT2D eigenvalue weighted by Gasteiger charge is 2.14. The standard InChI is InChI=1S/C16H19NOS/c1-10-8-12(3)14(9-11(10)2)13(4)17-16(18)15-6-5-7-19-15/h5-9,13H,1-4H3,(H,17,18). The quantitative estimate of drug-likeness (QED) is 0.893. The van der Waals surface area contributed by atoms with Gasteiger partial charge in [0.15, 0.2) is 0 Å². The Hall–Kier alpha value is -1.61. The Morgan fingerprint density at radius 1 is 1.16 bits per heavy atom. The van der Waals surface area contributed by atoms with E-state index < -0.39 is 0 Å². The van der Waals surface area contributed by atoms with E-state index in [4.69, 9.17) is 0 Å². The molecule has 0 aliphatic heterocycles. The topological polar surface area (TPSA) is 29.1 Å². The first-order valence-electron chi connectivity index (χ1n) is 6.41.